The second-order valence-electron chi connectivity index (χ2n) is 12.8. The van der Waals surface area contributed by atoms with Crippen molar-refractivity contribution >= 4 is 35.0 Å². The first-order valence-electron chi connectivity index (χ1n) is 16.2. The molecule has 0 bridgehead atoms. The number of likely N-dealkylation sites (tertiary alicyclic amines) is 1. The number of carbonyl (C=O) groups is 4. The summed E-state index contributed by atoms with van der Waals surface area (Å²) in [5.41, 5.74) is 9.44. The quantitative estimate of drug-likeness (QED) is 0.158. The van der Waals surface area contributed by atoms with E-state index in [1.54, 1.807) is 11.3 Å². The molecule has 3 amide bonds. The van der Waals surface area contributed by atoms with Crippen LogP contribution in [0.2, 0.25) is 0 Å². The number of thiazole rings is 1. The summed E-state index contributed by atoms with van der Waals surface area (Å²) in [4.78, 5) is 55.6. The number of carbonyl (C=O) groups excluding carboxylic acids is 3. The molecule has 4 atom stereocenters. The number of nitrogens with one attached hydrogen (secondary N) is 2. The van der Waals surface area contributed by atoms with Crippen molar-refractivity contribution in [3.63, 3.8) is 0 Å². The maximum Gasteiger partial charge on any atom is 0.490 e. The Morgan fingerprint density at radius 1 is 1.02 bits per heavy atom. The predicted octanol–water partition coefficient (Wildman–Crippen LogP) is 2.43. The van der Waals surface area contributed by atoms with Crippen molar-refractivity contribution in [1.29, 1.82) is 0 Å². The van der Waals surface area contributed by atoms with Gasteiger partial charge in [0.15, 0.2) is 0 Å². The minimum absolute atomic E-state index is 0.000514. The second-order valence-corrected chi connectivity index (χ2v) is 13.6. The van der Waals surface area contributed by atoms with Gasteiger partial charge in [-0.2, -0.15) is 13.2 Å². The minimum atomic E-state index is -5.08. The van der Waals surface area contributed by atoms with Crippen LogP contribution in [0.1, 0.15) is 51.4 Å². The number of halogens is 3. The summed E-state index contributed by atoms with van der Waals surface area (Å²) < 4.78 is 47.7. The summed E-state index contributed by atoms with van der Waals surface area (Å²) >= 11 is 1.58. The van der Waals surface area contributed by atoms with Gasteiger partial charge in [0.25, 0.3) is 0 Å². The van der Waals surface area contributed by atoms with Crippen molar-refractivity contribution in [2.75, 3.05) is 52.7 Å². The van der Waals surface area contributed by atoms with Gasteiger partial charge in [-0.15, -0.1) is 11.3 Å². The normalized spacial score (nSPS) is 17.3. The highest BCUT2D eigenvalue weighted by Crippen LogP contribution is 2.29. The molecule has 18 heteroatoms. The Labute approximate surface area is 298 Å². The summed E-state index contributed by atoms with van der Waals surface area (Å²) in [5.74, 6) is -4.01. The van der Waals surface area contributed by atoms with Crippen LogP contribution in [0.15, 0.2) is 29.8 Å². The Balaban J connectivity index is 0.00000116. The second kappa shape index (κ2) is 20.4. The molecule has 1 aliphatic rings. The molecule has 2 heterocycles. The van der Waals surface area contributed by atoms with E-state index in [0.29, 0.717) is 26.4 Å². The van der Waals surface area contributed by atoms with E-state index in [-0.39, 0.29) is 44.7 Å². The summed E-state index contributed by atoms with van der Waals surface area (Å²) in [7, 11) is 0. The van der Waals surface area contributed by atoms with Gasteiger partial charge >= 0.3 is 12.1 Å². The first kappa shape index (κ1) is 43.5. The van der Waals surface area contributed by atoms with E-state index in [2.05, 4.69) is 15.6 Å². The third-order valence-corrected chi connectivity index (χ3v) is 8.52. The van der Waals surface area contributed by atoms with Crippen LogP contribution in [-0.2, 0) is 33.4 Å². The van der Waals surface area contributed by atoms with Crippen LogP contribution in [0, 0.1) is 12.3 Å². The van der Waals surface area contributed by atoms with Gasteiger partial charge in [-0.25, -0.2) is 9.78 Å². The molecular weight excluding hydrogens is 699 g/mol. The van der Waals surface area contributed by atoms with E-state index in [9.17, 15) is 32.7 Å². The molecule has 0 spiro atoms. The van der Waals surface area contributed by atoms with Gasteiger partial charge in [0.05, 0.1) is 61.3 Å². The third-order valence-electron chi connectivity index (χ3n) is 7.54. The van der Waals surface area contributed by atoms with Gasteiger partial charge in [-0.1, -0.05) is 45.0 Å². The molecule has 286 valence electrons. The molecule has 0 radical (unpaired) electrons. The zero-order valence-corrected chi connectivity index (χ0v) is 30.1. The van der Waals surface area contributed by atoms with E-state index in [1.807, 2.05) is 64.4 Å². The lowest BCUT2D eigenvalue weighted by atomic mass is 9.85. The maximum atomic E-state index is 13.8. The number of hydrogen-bond donors (Lipinski definition) is 5. The Morgan fingerprint density at radius 3 is 2.10 bits per heavy atom. The molecule has 14 nitrogen and oxygen atoms in total. The van der Waals surface area contributed by atoms with Gasteiger partial charge in [0.2, 0.25) is 17.7 Å². The topological polar surface area (TPSA) is 203 Å². The number of ether oxygens (including phenoxy) is 3. The van der Waals surface area contributed by atoms with Crippen molar-refractivity contribution in [3.05, 3.63) is 41.0 Å². The number of aromatic nitrogens is 1. The van der Waals surface area contributed by atoms with Crippen molar-refractivity contribution in [3.8, 4) is 10.4 Å². The molecule has 0 aliphatic carbocycles. The number of benzene rings is 1. The number of aliphatic carboxylic acids is 1. The minimum Gasteiger partial charge on any atom is -0.475 e. The number of β-amino-alcohol motifs (C(OH)–C–C–N with tert-alkyl or cyclic N) is 1. The number of alkyl halides is 3. The van der Waals surface area contributed by atoms with Gasteiger partial charge in [0.1, 0.15) is 18.7 Å². The molecule has 3 rings (SSSR count). The molecule has 51 heavy (non-hydrogen) atoms. The fraction of sp³-hybridized carbons (Fsp3) is 0.606. The predicted molar refractivity (Wildman–Crippen MR) is 182 cm³/mol. The lowest BCUT2D eigenvalue weighted by Gasteiger charge is -2.35. The number of aliphatic hydroxyl groups is 1. The summed E-state index contributed by atoms with van der Waals surface area (Å²) in [5, 5.41) is 23.4. The average Bonchev–Trinajstić information content (AvgIpc) is 3.67. The summed E-state index contributed by atoms with van der Waals surface area (Å²) in [6, 6.07) is 5.79. The van der Waals surface area contributed by atoms with Crippen LogP contribution in [0.5, 0.6) is 0 Å². The number of amides is 3. The van der Waals surface area contributed by atoms with Crippen molar-refractivity contribution < 1.29 is 56.8 Å². The van der Waals surface area contributed by atoms with Crippen LogP contribution in [0.25, 0.3) is 10.4 Å². The highest BCUT2D eigenvalue weighted by Gasteiger charge is 2.44. The number of nitrogens with zero attached hydrogens (tertiary/aromatic N) is 2. The van der Waals surface area contributed by atoms with Crippen LogP contribution in [-0.4, -0.2) is 121 Å². The van der Waals surface area contributed by atoms with Gasteiger partial charge in [0, 0.05) is 19.5 Å². The fourth-order valence-corrected chi connectivity index (χ4v) is 5.72. The van der Waals surface area contributed by atoms with Crippen molar-refractivity contribution in [2.45, 2.75) is 71.4 Å². The Bertz CT molecular complexity index is 1420. The molecule has 1 aromatic heterocycles. The third kappa shape index (κ3) is 14.5. The number of aliphatic hydroxyl groups excluding tert-OH is 1. The smallest absolute Gasteiger partial charge is 0.475 e. The summed E-state index contributed by atoms with van der Waals surface area (Å²) in [6.45, 7) is 11.3. The monoisotopic (exact) mass is 747 g/mol. The lowest BCUT2D eigenvalue weighted by molar-refractivity contribution is -0.192. The van der Waals surface area contributed by atoms with Crippen LogP contribution in [0.3, 0.4) is 0 Å². The first-order valence-corrected chi connectivity index (χ1v) is 17.1. The number of rotatable bonds is 16. The van der Waals surface area contributed by atoms with Gasteiger partial charge < -0.3 is 45.7 Å². The molecule has 0 saturated carbocycles. The van der Waals surface area contributed by atoms with E-state index < -0.39 is 47.6 Å². The van der Waals surface area contributed by atoms with Crippen molar-refractivity contribution in [2.24, 2.45) is 11.1 Å². The molecule has 4 unspecified atom stereocenters. The molecule has 1 aliphatic heterocycles. The zero-order valence-electron chi connectivity index (χ0n) is 29.3. The molecule has 1 fully saturated rings. The molecule has 1 aromatic carbocycles. The molecule has 2 aromatic rings. The largest absolute Gasteiger partial charge is 0.490 e. The number of carboxylic acids is 1. The molecule has 1 saturated heterocycles. The van der Waals surface area contributed by atoms with E-state index in [4.69, 9.17) is 29.8 Å². The Kier molecular flexibility index (Phi) is 17.4. The average molecular weight is 748 g/mol. The van der Waals surface area contributed by atoms with Crippen molar-refractivity contribution in [1.82, 2.24) is 20.5 Å². The zero-order chi connectivity index (χ0) is 38.4. The Morgan fingerprint density at radius 2 is 1.59 bits per heavy atom. The number of aryl methyl sites for hydroxylation is 1. The fourth-order valence-electron chi connectivity index (χ4n) is 4.91. The van der Waals surface area contributed by atoms with Crippen LogP contribution in [0.4, 0.5) is 13.2 Å². The molecule has 6 N–H and O–H groups in total. The van der Waals surface area contributed by atoms with Gasteiger partial charge in [-0.3, -0.25) is 14.4 Å². The summed E-state index contributed by atoms with van der Waals surface area (Å²) in [6.07, 6.45) is -5.83. The molecular formula is C33H48F3N5O9S. The maximum absolute atomic E-state index is 13.8. The first-order chi connectivity index (χ1) is 23.9. The van der Waals surface area contributed by atoms with E-state index in [1.165, 1.54) is 4.90 Å². The van der Waals surface area contributed by atoms with E-state index >= 15 is 0 Å². The SMILES string of the molecule is Cc1ncsc1-c1ccc(C(C)NC(=O)C2CC(O)CN2C(=O)C(NC(=O)COCCOCCOCCN)C(C)(C)C)cc1.O=C(O)C(F)(F)F. The number of carboxylic acid groups (broad SMARTS) is 1. The standard InChI is InChI=1S/C31H47N5O7S.C2HF3O2/c1-20(22-6-8-23(9-7-22)27-21(2)33-19-44-27)34-29(39)25-16-24(37)17-36(25)30(40)28(31(3,4)5)35-26(38)18-43-15-14-42-13-12-41-11-10-32;3-2(4,5)1(6)7/h6-9,19-20,24-25,28,37H,10-18,32H2,1-5H3,(H,34,39)(H,35,38);(H,6,7). The number of nitrogens with two attached hydrogens (primary N) is 1. The lowest BCUT2D eigenvalue weighted by Crippen LogP contribution is -2.58. The van der Waals surface area contributed by atoms with E-state index in [0.717, 1.165) is 21.7 Å². The number of hydrogen-bond acceptors (Lipinski definition) is 11. The van der Waals surface area contributed by atoms with Crippen LogP contribution < -0.4 is 16.4 Å². The van der Waals surface area contributed by atoms with Crippen LogP contribution >= 0.6 is 11.3 Å². The van der Waals surface area contributed by atoms with Gasteiger partial charge in [-0.05, 0) is 30.4 Å². The highest BCUT2D eigenvalue weighted by atomic mass is 32.1. The highest BCUT2D eigenvalue weighted by molar-refractivity contribution is 7.13. The Hall–Kier alpha value is -3.68.